The molecule has 4 nitrogen and oxygen atoms in total. The summed E-state index contributed by atoms with van der Waals surface area (Å²) in [5.41, 5.74) is 7.29. The lowest BCUT2D eigenvalue weighted by atomic mass is 9.94. The highest BCUT2D eigenvalue weighted by Crippen LogP contribution is 2.48. The molecular weight excluding hydrogens is 250 g/mol. The van der Waals surface area contributed by atoms with Gasteiger partial charge in [0.15, 0.2) is 0 Å². The lowest BCUT2D eigenvalue weighted by molar-refractivity contribution is -0.123. The highest BCUT2D eigenvalue weighted by molar-refractivity contribution is 5.91. The van der Waals surface area contributed by atoms with Crippen LogP contribution in [0.4, 0.5) is 5.69 Å². The molecule has 0 aromatic heterocycles. The first-order chi connectivity index (χ1) is 9.60. The molecule has 1 aliphatic carbocycles. The Morgan fingerprint density at radius 3 is 2.65 bits per heavy atom. The number of carbonyl (C=O) groups excluding carboxylic acids is 1. The third-order valence-electron chi connectivity index (χ3n) is 4.69. The summed E-state index contributed by atoms with van der Waals surface area (Å²) in [7, 11) is 2.14. The first-order valence-corrected chi connectivity index (χ1v) is 7.43. The van der Waals surface area contributed by atoms with Crippen molar-refractivity contribution in [2.75, 3.05) is 32.4 Å². The van der Waals surface area contributed by atoms with Crippen LogP contribution in [0.2, 0.25) is 0 Å². The van der Waals surface area contributed by atoms with Gasteiger partial charge in [-0.2, -0.15) is 0 Å². The molecule has 0 radical (unpaired) electrons. The lowest BCUT2D eigenvalue weighted by Gasteiger charge is -2.18. The van der Waals surface area contributed by atoms with E-state index in [0.29, 0.717) is 5.92 Å². The molecule has 20 heavy (non-hydrogen) atoms. The van der Waals surface area contributed by atoms with Gasteiger partial charge >= 0.3 is 0 Å². The molecule has 2 fully saturated rings. The van der Waals surface area contributed by atoms with Crippen molar-refractivity contribution in [3.63, 3.8) is 0 Å². The van der Waals surface area contributed by atoms with E-state index in [2.05, 4.69) is 17.3 Å². The van der Waals surface area contributed by atoms with Crippen LogP contribution in [0.3, 0.4) is 0 Å². The minimum Gasteiger partial charge on any atom is -0.399 e. The van der Waals surface area contributed by atoms with Gasteiger partial charge in [0, 0.05) is 18.8 Å². The van der Waals surface area contributed by atoms with Gasteiger partial charge in [0.2, 0.25) is 5.91 Å². The van der Waals surface area contributed by atoms with Crippen LogP contribution in [0.5, 0.6) is 0 Å². The van der Waals surface area contributed by atoms with Gasteiger partial charge in [-0.15, -0.1) is 0 Å². The van der Waals surface area contributed by atoms with Gasteiger partial charge in [0.25, 0.3) is 0 Å². The fraction of sp³-hybridized carbons (Fsp3) is 0.562. The molecule has 1 aromatic carbocycles. The van der Waals surface area contributed by atoms with Crippen LogP contribution in [-0.2, 0) is 10.2 Å². The normalized spacial score (nSPS) is 24.6. The maximum atomic E-state index is 12.5. The van der Waals surface area contributed by atoms with Gasteiger partial charge in [-0.3, -0.25) is 4.79 Å². The van der Waals surface area contributed by atoms with Crippen LogP contribution >= 0.6 is 0 Å². The summed E-state index contributed by atoms with van der Waals surface area (Å²) in [6.45, 7) is 3.04. The van der Waals surface area contributed by atoms with Gasteiger partial charge in [0.05, 0.1) is 5.41 Å². The van der Waals surface area contributed by atoms with E-state index in [1.807, 2.05) is 24.3 Å². The Labute approximate surface area is 120 Å². The average Bonchev–Trinajstić information content (AvgIpc) is 3.15. The Bertz CT molecular complexity index is 493. The summed E-state index contributed by atoms with van der Waals surface area (Å²) in [5, 5.41) is 3.16. The van der Waals surface area contributed by atoms with Crippen molar-refractivity contribution in [3.8, 4) is 0 Å². The van der Waals surface area contributed by atoms with Crippen molar-refractivity contribution in [2.45, 2.75) is 24.7 Å². The second-order valence-corrected chi connectivity index (χ2v) is 6.33. The van der Waals surface area contributed by atoms with E-state index >= 15 is 0 Å². The van der Waals surface area contributed by atoms with Crippen LogP contribution in [0.15, 0.2) is 24.3 Å². The number of nitrogens with one attached hydrogen (secondary N) is 1. The highest BCUT2D eigenvalue weighted by atomic mass is 16.2. The third kappa shape index (κ3) is 2.52. The minimum absolute atomic E-state index is 0.192. The maximum absolute atomic E-state index is 12.5. The van der Waals surface area contributed by atoms with Crippen LogP contribution < -0.4 is 11.1 Å². The first kappa shape index (κ1) is 13.4. The molecule has 1 aromatic rings. The fourth-order valence-corrected chi connectivity index (χ4v) is 3.17. The van der Waals surface area contributed by atoms with E-state index in [1.165, 1.54) is 6.42 Å². The molecule has 0 spiro atoms. The van der Waals surface area contributed by atoms with Gasteiger partial charge in [-0.25, -0.2) is 0 Å². The molecule has 3 N–H and O–H groups in total. The van der Waals surface area contributed by atoms with E-state index in [4.69, 9.17) is 5.73 Å². The number of hydrogen-bond acceptors (Lipinski definition) is 3. The van der Waals surface area contributed by atoms with Crippen molar-refractivity contribution in [2.24, 2.45) is 5.92 Å². The predicted octanol–water partition coefficient (Wildman–Crippen LogP) is 1.37. The largest absolute Gasteiger partial charge is 0.399 e. The molecule has 2 aliphatic rings. The van der Waals surface area contributed by atoms with Crippen molar-refractivity contribution in [3.05, 3.63) is 29.8 Å². The number of carbonyl (C=O) groups is 1. The number of benzene rings is 1. The van der Waals surface area contributed by atoms with Crippen LogP contribution in [-0.4, -0.2) is 37.5 Å². The van der Waals surface area contributed by atoms with Gasteiger partial charge in [-0.1, -0.05) is 12.1 Å². The minimum atomic E-state index is -0.280. The van der Waals surface area contributed by atoms with E-state index in [1.54, 1.807) is 0 Å². The summed E-state index contributed by atoms with van der Waals surface area (Å²) in [6.07, 6.45) is 3.09. The molecule has 1 amide bonds. The quantitative estimate of drug-likeness (QED) is 0.815. The second-order valence-electron chi connectivity index (χ2n) is 6.33. The van der Waals surface area contributed by atoms with Crippen molar-refractivity contribution in [1.82, 2.24) is 10.2 Å². The van der Waals surface area contributed by atoms with Crippen LogP contribution in [0.25, 0.3) is 0 Å². The summed E-state index contributed by atoms with van der Waals surface area (Å²) >= 11 is 0. The van der Waals surface area contributed by atoms with Crippen LogP contribution in [0.1, 0.15) is 24.8 Å². The molecule has 1 saturated heterocycles. The summed E-state index contributed by atoms with van der Waals surface area (Å²) < 4.78 is 0. The Hall–Kier alpha value is -1.55. The maximum Gasteiger partial charge on any atom is 0.230 e. The van der Waals surface area contributed by atoms with Gasteiger partial charge < -0.3 is 16.0 Å². The topological polar surface area (TPSA) is 58.4 Å². The zero-order valence-corrected chi connectivity index (χ0v) is 12.1. The third-order valence-corrected chi connectivity index (χ3v) is 4.69. The Morgan fingerprint density at radius 1 is 1.40 bits per heavy atom. The first-order valence-electron chi connectivity index (χ1n) is 7.43. The van der Waals surface area contributed by atoms with E-state index in [9.17, 15) is 4.79 Å². The molecular formula is C16H23N3O. The summed E-state index contributed by atoms with van der Waals surface area (Å²) in [5.74, 6) is 0.794. The number of nitrogens with zero attached hydrogens (tertiary/aromatic N) is 1. The number of nitrogens with two attached hydrogens (primary N) is 1. The zero-order valence-electron chi connectivity index (χ0n) is 12.1. The standard InChI is InChI=1S/C16H23N3O/c1-19-9-6-12(11-19)10-18-15(20)16(7-8-16)13-2-4-14(17)5-3-13/h2-5,12H,6-11,17H2,1H3,(H,18,20). The molecule has 0 bridgehead atoms. The lowest BCUT2D eigenvalue weighted by Crippen LogP contribution is -2.38. The smallest absolute Gasteiger partial charge is 0.230 e. The SMILES string of the molecule is CN1CCC(CNC(=O)C2(c3ccc(N)cc3)CC2)C1. The number of likely N-dealkylation sites (tertiary alicyclic amines) is 1. The van der Waals surface area contributed by atoms with Crippen molar-refractivity contribution in [1.29, 1.82) is 0 Å². The Kier molecular flexibility index (Phi) is 3.42. The number of nitrogen functional groups attached to an aromatic ring is 1. The average molecular weight is 273 g/mol. The highest BCUT2D eigenvalue weighted by Gasteiger charge is 2.51. The molecule has 108 valence electrons. The van der Waals surface area contributed by atoms with Gasteiger partial charge in [0.1, 0.15) is 0 Å². The van der Waals surface area contributed by atoms with Gasteiger partial charge in [-0.05, 0) is 56.5 Å². The second kappa shape index (κ2) is 5.09. The number of rotatable bonds is 4. The molecule has 1 heterocycles. The number of anilines is 1. The molecule has 4 heteroatoms. The number of hydrogen-bond donors (Lipinski definition) is 2. The molecule has 1 unspecified atom stereocenters. The Balaban J connectivity index is 1.60. The molecule has 1 aliphatic heterocycles. The Morgan fingerprint density at radius 2 is 2.10 bits per heavy atom. The monoisotopic (exact) mass is 273 g/mol. The summed E-state index contributed by atoms with van der Waals surface area (Å²) in [6, 6.07) is 7.75. The molecule has 3 rings (SSSR count). The van der Waals surface area contributed by atoms with Crippen LogP contribution in [0, 0.1) is 5.92 Å². The molecule has 1 atom stereocenters. The predicted molar refractivity (Wildman–Crippen MR) is 80.4 cm³/mol. The van der Waals surface area contributed by atoms with Crippen molar-refractivity contribution >= 4 is 11.6 Å². The number of amides is 1. The van der Waals surface area contributed by atoms with E-state index in [-0.39, 0.29) is 11.3 Å². The van der Waals surface area contributed by atoms with E-state index in [0.717, 1.165) is 43.7 Å². The molecule has 1 saturated carbocycles. The van der Waals surface area contributed by atoms with E-state index < -0.39 is 0 Å². The summed E-state index contributed by atoms with van der Waals surface area (Å²) in [4.78, 5) is 14.8. The fourth-order valence-electron chi connectivity index (χ4n) is 3.17. The van der Waals surface area contributed by atoms with Crippen molar-refractivity contribution < 1.29 is 4.79 Å². The zero-order chi connectivity index (χ0) is 14.2.